The maximum absolute atomic E-state index is 13.5. The standard InChI is InChI=1S/C21H24N2O4S/c1-15-18(22(5)20(24)27-21(2,3)4)19(17-13-9-10-14-23(15)17)28(25,26)16-11-7-6-8-12-16/h6-14H,1-5H3. The van der Waals surface area contributed by atoms with Crippen molar-refractivity contribution in [2.75, 3.05) is 11.9 Å². The van der Waals surface area contributed by atoms with Crippen molar-refractivity contribution in [2.45, 2.75) is 43.1 Å². The number of carbonyl (C=O) groups excluding carboxylic acids is 1. The Bertz CT molecular complexity index is 1130. The molecule has 148 valence electrons. The molecule has 0 saturated heterocycles. The second-order valence-corrected chi connectivity index (χ2v) is 9.46. The Hall–Kier alpha value is -2.80. The van der Waals surface area contributed by atoms with Crippen LogP contribution in [0.5, 0.6) is 0 Å². The molecule has 3 rings (SSSR count). The van der Waals surface area contributed by atoms with Crippen LogP contribution in [0.3, 0.4) is 0 Å². The number of aryl methyl sites for hydroxylation is 1. The van der Waals surface area contributed by atoms with E-state index in [4.69, 9.17) is 4.74 Å². The van der Waals surface area contributed by atoms with E-state index in [9.17, 15) is 13.2 Å². The number of pyridine rings is 1. The van der Waals surface area contributed by atoms with E-state index >= 15 is 0 Å². The SMILES string of the molecule is Cc1c(N(C)C(=O)OC(C)(C)C)c(S(=O)(=O)c2ccccc2)c2ccccn12. The normalized spacial score (nSPS) is 12.2. The number of hydrogen-bond donors (Lipinski definition) is 0. The van der Waals surface area contributed by atoms with Gasteiger partial charge in [-0.2, -0.15) is 0 Å². The number of rotatable bonds is 3. The van der Waals surface area contributed by atoms with E-state index in [-0.39, 0.29) is 9.79 Å². The largest absolute Gasteiger partial charge is 0.443 e. The maximum Gasteiger partial charge on any atom is 0.414 e. The summed E-state index contributed by atoms with van der Waals surface area (Å²) in [5, 5.41) is 0. The van der Waals surface area contributed by atoms with Gasteiger partial charge in [0.05, 0.1) is 16.1 Å². The van der Waals surface area contributed by atoms with E-state index in [0.717, 1.165) is 0 Å². The molecule has 3 aromatic rings. The second kappa shape index (κ2) is 6.98. The number of amides is 1. The maximum atomic E-state index is 13.5. The van der Waals surface area contributed by atoms with Crippen molar-refractivity contribution in [3.05, 3.63) is 60.4 Å². The van der Waals surface area contributed by atoms with E-state index in [1.165, 1.54) is 11.9 Å². The molecule has 0 N–H and O–H groups in total. The highest BCUT2D eigenvalue weighted by molar-refractivity contribution is 7.92. The molecule has 6 nitrogen and oxygen atoms in total. The molecule has 0 aliphatic heterocycles. The van der Waals surface area contributed by atoms with E-state index in [0.29, 0.717) is 16.9 Å². The summed E-state index contributed by atoms with van der Waals surface area (Å²) in [7, 11) is -2.34. The van der Waals surface area contributed by atoms with Crippen LogP contribution in [-0.2, 0) is 14.6 Å². The molecular formula is C21H24N2O4S. The molecular weight excluding hydrogens is 376 g/mol. The molecule has 0 radical (unpaired) electrons. The predicted molar refractivity (Wildman–Crippen MR) is 109 cm³/mol. The van der Waals surface area contributed by atoms with Gasteiger partial charge in [-0.1, -0.05) is 24.3 Å². The van der Waals surface area contributed by atoms with Crippen molar-refractivity contribution >= 4 is 27.1 Å². The lowest BCUT2D eigenvalue weighted by molar-refractivity contribution is 0.0588. The number of anilines is 1. The van der Waals surface area contributed by atoms with Crippen molar-refractivity contribution in [3.8, 4) is 0 Å². The lowest BCUT2D eigenvalue weighted by Gasteiger charge is -2.25. The molecule has 0 aliphatic carbocycles. The number of nitrogens with zero attached hydrogens (tertiary/aromatic N) is 2. The summed E-state index contributed by atoms with van der Waals surface area (Å²) >= 11 is 0. The average Bonchev–Trinajstić information content (AvgIpc) is 2.94. The van der Waals surface area contributed by atoms with Crippen molar-refractivity contribution in [3.63, 3.8) is 0 Å². The number of sulfone groups is 1. The van der Waals surface area contributed by atoms with Gasteiger partial charge in [-0.3, -0.25) is 4.90 Å². The van der Waals surface area contributed by atoms with Crippen molar-refractivity contribution < 1.29 is 17.9 Å². The number of fused-ring (bicyclic) bond motifs is 1. The van der Waals surface area contributed by atoms with Gasteiger partial charge in [0.25, 0.3) is 0 Å². The zero-order chi connectivity index (χ0) is 20.7. The molecule has 0 unspecified atom stereocenters. The molecule has 2 aromatic heterocycles. The summed E-state index contributed by atoms with van der Waals surface area (Å²) in [6.45, 7) is 7.09. The highest BCUT2D eigenvalue weighted by Crippen LogP contribution is 2.38. The Labute approximate surface area is 165 Å². The number of ether oxygens (including phenoxy) is 1. The summed E-state index contributed by atoms with van der Waals surface area (Å²) in [6.07, 6.45) is 1.16. The van der Waals surface area contributed by atoms with Crippen LogP contribution < -0.4 is 4.90 Å². The van der Waals surface area contributed by atoms with Crippen LogP contribution in [0.1, 0.15) is 26.5 Å². The molecule has 1 amide bonds. The van der Waals surface area contributed by atoms with Gasteiger partial charge < -0.3 is 9.14 Å². The average molecular weight is 401 g/mol. The first kappa shape index (κ1) is 19.9. The molecule has 7 heteroatoms. The predicted octanol–water partition coefficient (Wildman–Crippen LogP) is 4.45. The Kier molecular flexibility index (Phi) is 4.97. The number of hydrogen-bond acceptors (Lipinski definition) is 4. The molecule has 0 spiro atoms. The van der Waals surface area contributed by atoms with Gasteiger partial charge in [0.15, 0.2) is 0 Å². The zero-order valence-electron chi connectivity index (χ0n) is 16.6. The molecule has 0 atom stereocenters. The summed E-state index contributed by atoms with van der Waals surface area (Å²) < 4.78 is 34.2. The van der Waals surface area contributed by atoms with Gasteiger partial charge in [0, 0.05) is 18.9 Å². The molecule has 0 saturated carbocycles. The number of benzene rings is 1. The Morgan fingerprint density at radius 2 is 1.64 bits per heavy atom. The van der Waals surface area contributed by atoms with Gasteiger partial charge in [0.1, 0.15) is 10.5 Å². The Morgan fingerprint density at radius 3 is 2.25 bits per heavy atom. The van der Waals surface area contributed by atoms with Crippen LogP contribution in [0.25, 0.3) is 5.52 Å². The van der Waals surface area contributed by atoms with Crippen LogP contribution >= 0.6 is 0 Å². The smallest absolute Gasteiger partial charge is 0.414 e. The van der Waals surface area contributed by atoms with E-state index in [2.05, 4.69) is 0 Å². The summed E-state index contributed by atoms with van der Waals surface area (Å²) in [5.74, 6) is 0. The van der Waals surface area contributed by atoms with Crippen LogP contribution in [0.15, 0.2) is 64.5 Å². The minimum Gasteiger partial charge on any atom is -0.443 e. The molecule has 0 aliphatic rings. The lowest BCUT2D eigenvalue weighted by atomic mass is 10.2. The first-order chi connectivity index (χ1) is 13.0. The third kappa shape index (κ3) is 3.49. The number of aromatic nitrogens is 1. The zero-order valence-corrected chi connectivity index (χ0v) is 17.4. The third-order valence-electron chi connectivity index (χ3n) is 4.34. The van der Waals surface area contributed by atoms with Gasteiger partial charge in [0.2, 0.25) is 9.84 Å². The summed E-state index contributed by atoms with van der Waals surface area (Å²) in [4.78, 5) is 14.2. The highest BCUT2D eigenvalue weighted by Gasteiger charge is 2.33. The van der Waals surface area contributed by atoms with Crippen molar-refractivity contribution in [1.29, 1.82) is 0 Å². The van der Waals surface area contributed by atoms with Gasteiger partial charge >= 0.3 is 6.09 Å². The van der Waals surface area contributed by atoms with Crippen molar-refractivity contribution in [2.24, 2.45) is 0 Å². The molecule has 28 heavy (non-hydrogen) atoms. The topological polar surface area (TPSA) is 68.1 Å². The first-order valence-corrected chi connectivity index (χ1v) is 10.4. The van der Waals surface area contributed by atoms with Gasteiger partial charge in [-0.15, -0.1) is 0 Å². The molecule has 0 fully saturated rings. The molecule has 0 bridgehead atoms. The fourth-order valence-corrected chi connectivity index (χ4v) is 4.85. The monoisotopic (exact) mass is 400 g/mol. The van der Waals surface area contributed by atoms with Gasteiger partial charge in [-0.05, 0) is 52.0 Å². The minimum atomic E-state index is -3.87. The fourth-order valence-electron chi connectivity index (χ4n) is 3.12. The first-order valence-electron chi connectivity index (χ1n) is 8.90. The Balaban J connectivity index is 2.28. The Morgan fingerprint density at radius 1 is 1.04 bits per heavy atom. The third-order valence-corrected chi connectivity index (χ3v) is 6.17. The van der Waals surface area contributed by atoms with Crippen LogP contribution in [0.4, 0.5) is 10.5 Å². The second-order valence-electron chi connectivity index (χ2n) is 7.57. The van der Waals surface area contributed by atoms with E-state index < -0.39 is 21.5 Å². The molecule has 1 aromatic carbocycles. The lowest BCUT2D eigenvalue weighted by Crippen LogP contribution is -2.35. The van der Waals surface area contributed by atoms with Crippen molar-refractivity contribution in [1.82, 2.24) is 4.40 Å². The summed E-state index contributed by atoms with van der Waals surface area (Å²) in [5.41, 5.74) is 0.758. The van der Waals surface area contributed by atoms with Gasteiger partial charge in [-0.25, -0.2) is 13.2 Å². The number of carbonyl (C=O) groups is 1. The van der Waals surface area contributed by atoms with Crippen LogP contribution in [-0.4, -0.2) is 31.6 Å². The van der Waals surface area contributed by atoms with E-state index in [1.807, 2.05) is 6.07 Å². The minimum absolute atomic E-state index is 0.0881. The van der Waals surface area contributed by atoms with E-state index in [1.54, 1.807) is 80.8 Å². The summed E-state index contributed by atoms with van der Waals surface area (Å²) in [6, 6.07) is 13.5. The van der Waals surface area contributed by atoms with Crippen LogP contribution in [0.2, 0.25) is 0 Å². The molecule has 2 heterocycles. The van der Waals surface area contributed by atoms with Crippen LogP contribution in [0, 0.1) is 6.92 Å². The highest BCUT2D eigenvalue weighted by atomic mass is 32.2. The fraction of sp³-hybridized carbons (Fsp3) is 0.286. The quantitative estimate of drug-likeness (QED) is 0.651.